The number of fused-ring (bicyclic) bond motifs is 2. The van der Waals surface area contributed by atoms with E-state index in [9.17, 15) is 10.1 Å². The SMILES string of the molecule is COc1ccc2nc3c([N+](=O)[O-])ccc(Cl)c3c(Cl)c2c1. The normalized spacial score (nSPS) is 11.0. The average molecular weight is 323 g/mol. The van der Waals surface area contributed by atoms with Crippen molar-refractivity contribution in [3.63, 3.8) is 0 Å². The van der Waals surface area contributed by atoms with Crippen molar-refractivity contribution in [2.24, 2.45) is 0 Å². The van der Waals surface area contributed by atoms with Gasteiger partial charge in [-0.2, -0.15) is 0 Å². The molecule has 0 fully saturated rings. The maximum Gasteiger partial charge on any atom is 0.295 e. The van der Waals surface area contributed by atoms with Gasteiger partial charge in [-0.1, -0.05) is 23.2 Å². The number of non-ortho nitro benzene ring substituents is 1. The second-order valence-electron chi connectivity index (χ2n) is 4.36. The first-order valence-electron chi connectivity index (χ1n) is 5.93. The van der Waals surface area contributed by atoms with Crippen molar-refractivity contribution in [2.45, 2.75) is 0 Å². The molecular weight excluding hydrogens is 315 g/mol. The molecule has 0 aliphatic heterocycles. The molecule has 0 aliphatic rings. The molecule has 0 atom stereocenters. The van der Waals surface area contributed by atoms with Gasteiger partial charge in [-0.3, -0.25) is 10.1 Å². The molecular formula is C14H8Cl2N2O3. The van der Waals surface area contributed by atoms with Crippen LogP contribution in [-0.4, -0.2) is 17.0 Å². The van der Waals surface area contributed by atoms with Crippen LogP contribution in [0.1, 0.15) is 0 Å². The first-order valence-corrected chi connectivity index (χ1v) is 6.68. The lowest BCUT2D eigenvalue weighted by Gasteiger charge is -2.08. The zero-order valence-electron chi connectivity index (χ0n) is 10.8. The summed E-state index contributed by atoms with van der Waals surface area (Å²) in [7, 11) is 1.54. The zero-order valence-corrected chi connectivity index (χ0v) is 12.3. The van der Waals surface area contributed by atoms with Gasteiger partial charge in [-0.05, 0) is 24.3 Å². The Hall–Kier alpha value is -2.11. The molecule has 0 saturated heterocycles. The van der Waals surface area contributed by atoms with E-state index in [0.29, 0.717) is 32.1 Å². The molecule has 2 aromatic carbocycles. The van der Waals surface area contributed by atoms with Gasteiger partial charge in [0.2, 0.25) is 0 Å². The highest BCUT2D eigenvalue weighted by molar-refractivity contribution is 6.45. The van der Waals surface area contributed by atoms with Crippen molar-refractivity contribution in [1.82, 2.24) is 4.98 Å². The Bertz CT molecular complexity index is 896. The largest absolute Gasteiger partial charge is 0.497 e. The monoisotopic (exact) mass is 322 g/mol. The van der Waals surface area contributed by atoms with Gasteiger partial charge >= 0.3 is 0 Å². The van der Waals surface area contributed by atoms with Gasteiger partial charge in [0, 0.05) is 16.8 Å². The predicted octanol–water partition coefficient (Wildman–Crippen LogP) is 4.61. The minimum Gasteiger partial charge on any atom is -0.497 e. The molecule has 106 valence electrons. The fourth-order valence-corrected chi connectivity index (χ4v) is 2.83. The minimum atomic E-state index is -0.503. The van der Waals surface area contributed by atoms with Crippen LogP contribution in [0.3, 0.4) is 0 Å². The smallest absolute Gasteiger partial charge is 0.295 e. The van der Waals surface area contributed by atoms with E-state index < -0.39 is 4.92 Å². The summed E-state index contributed by atoms with van der Waals surface area (Å²) in [6, 6.07) is 7.90. The highest BCUT2D eigenvalue weighted by Gasteiger charge is 2.19. The van der Waals surface area contributed by atoms with Crippen molar-refractivity contribution < 1.29 is 9.66 Å². The number of benzene rings is 2. The van der Waals surface area contributed by atoms with Crippen LogP contribution in [0.2, 0.25) is 10.0 Å². The van der Waals surface area contributed by atoms with E-state index in [0.717, 1.165) is 0 Å². The lowest BCUT2D eigenvalue weighted by Crippen LogP contribution is -1.94. The van der Waals surface area contributed by atoms with Gasteiger partial charge in [0.05, 0.1) is 27.6 Å². The third-order valence-corrected chi connectivity index (χ3v) is 3.90. The number of ether oxygens (including phenoxy) is 1. The van der Waals surface area contributed by atoms with Gasteiger partial charge in [-0.15, -0.1) is 0 Å². The molecule has 0 saturated carbocycles. The maximum atomic E-state index is 11.1. The van der Waals surface area contributed by atoms with E-state index in [1.807, 2.05) is 0 Å². The molecule has 21 heavy (non-hydrogen) atoms. The van der Waals surface area contributed by atoms with E-state index in [1.165, 1.54) is 12.1 Å². The van der Waals surface area contributed by atoms with Gasteiger partial charge < -0.3 is 4.74 Å². The standard InChI is InChI=1S/C14H8Cl2N2O3/c1-21-7-2-4-10-8(6-7)13(16)12-9(15)3-5-11(18(19)20)14(12)17-10/h2-6H,1H3. The first kappa shape index (κ1) is 13.9. The molecule has 0 bridgehead atoms. The van der Waals surface area contributed by atoms with Gasteiger partial charge in [0.25, 0.3) is 5.69 Å². The average Bonchev–Trinajstić information content (AvgIpc) is 2.46. The van der Waals surface area contributed by atoms with Crippen molar-refractivity contribution >= 4 is 50.7 Å². The third kappa shape index (κ3) is 2.14. The Kier molecular flexibility index (Phi) is 3.31. The summed E-state index contributed by atoms with van der Waals surface area (Å²) in [5.41, 5.74) is 0.586. The van der Waals surface area contributed by atoms with Crippen LogP contribution >= 0.6 is 23.2 Å². The zero-order chi connectivity index (χ0) is 15.1. The quantitative estimate of drug-likeness (QED) is 0.392. The topological polar surface area (TPSA) is 65.3 Å². The molecule has 5 nitrogen and oxygen atoms in total. The van der Waals surface area contributed by atoms with Gasteiger partial charge in [-0.25, -0.2) is 4.98 Å². The number of hydrogen-bond donors (Lipinski definition) is 0. The van der Waals surface area contributed by atoms with Crippen LogP contribution in [-0.2, 0) is 0 Å². The number of halogens is 2. The third-order valence-electron chi connectivity index (χ3n) is 3.19. The van der Waals surface area contributed by atoms with Crippen LogP contribution in [0.25, 0.3) is 21.8 Å². The van der Waals surface area contributed by atoms with Crippen LogP contribution in [0.15, 0.2) is 30.3 Å². The Morgan fingerprint density at radius 1 is 1.24 bits per heavy atom. The number of nitrogens with zero attached hydrogens (tertiary/aromatic N) is 2. The van der Waals surface area contributed by atoms with E-state index in [-0.39, 0.29) is 11.2 Å². The lowest BCUT2D eigenvalue weighted by atomic mass is 10.1. The second kappa shape index (κ2) is 5.02. The molecule has 0 spiro atoms. The van der Waals surface area contributed by atoms with E-state index >= 15 is 0 Å². The fourth-order valence-electron chi connectivity index (χ4n) is 2.20. The number of nitro groups is 1. The summed E-state index contributed by atoms with van der Waals surface area (Å²) in [6.07, 6.45) is 0. The van der Waals surface area contributed by atoms with Crippen molar-refractivity contribution in [3.8, 4) is 5.75 Å². The van der Waals surface area contributed by atoms with Crippen molar-refractivity contribution in [3.05, 3.63) is 50.5 Å². The molecule has 3 rings (SSSR count). The number of nitro benzene ring substituents is 1. The van der Waals surface area contributed by atoms with Crippen LogP contribution < -0.4 is 4.74 Å². The Balaban J connectivity index is 2.52. The summed E-state index contributed by atoms with van der Waals surface area (Å²) in [5.74, 6) is 0.618. The Morgan fingerprint density at radius 2 is 2.00 bits per heavy atom. The number of hydrogen-bond acceptors (Lipinski definition) is 4. The fraction of sp³-hybridized carbons (Fsp3) is 0.0714. The molecule has 0 radical (unpaired) electrons. The van der Waals surface area contributed by atoms with Crippen LogP contribution in [0.5, 0.6) is 5.75 Å². The Morgan fingerprint density at radius 3 is 2.67 bits per heavy atom. The second-order valence-corrected chi connectivity index (χ2v) is 5.14. The highest BCUT2D eigenvalue weighted by atomic mass is 35.5. The molecule has 0 N–H and O–H groups in total. The number of methoxy groups -OCH3 is 1. The summed E-state index contributed by atoms with van der Waals surface area (Å²) in [6.45, 7) is 0. The van der Waals surface area contributed by atoms with Crippen LogP contribution in [0.4, 0.5) is 5.69 Å². The molecule has 0 unspecified atom stereocenters. The predicted molar refractivity (Wildman–Crippen MR) is 82.5 cm³/mol. The van der Waals surface area contributed by atoms with E-state index in [1.54, 1.807) is 25.3 Å². The summed E-state index contributed by atoms with van der Waals surface area (Å²) in [4.78, 5) is 15.0. The van der Waals surface area contributed by atoms with Crippen molar-refractivity contribution in [1.29, 1.82) is 0 Å². The highest BCUT2D eigenvalue weighted by Crippen LogP contribution is 2.39. The van der Waals surface area contributed by atoms with Crippen molar-refractivity contribution in [2.75, 3.05) is 7.11 Å². The van der Waals surface area contributed by atoms with Crippen LogP contribution in [0, 0.1) is 10.1 Å². The number of rotatable bonds is 2. The summed E-state index contributed by atoms with van der Waals surface area (Å²) >= 11 is 12.5. The molecule has 7 heteroatoms. The van der Waals surface area contributed by atoms with Gasteiger partial charge in [0.15, 0.2) is 5.52 Å². The molecule has 0 aliphatic carbocycles. The Labute approximate surface area is 129 Å². The summed E-state index contributed by atoms with van der Waals surface area (Å²) in [5, 5.41) is 12.8. The van der Waals surface area contributed by atoms with Gasteiger partial charge in [0.1, 0.15) is 5.75 Å². The number of aromatic nitrogens is 1. The first-order chi connectivity index (χ1) is 10.0. The molecule has 1 heterocycles. The minimum absolute atomic E-state index is 0.131. The van der Waals surface area contributed by atoms with E-state index in [4.69, 9.17) is 27.9 Å². The van der Waals surface area contributed by atoms with E-state index in [2.05, 4.69) is 4.98 Å². The summed E-state index contributed by atoms with van der Waals surface area (Å²) < 4.78 is 5.15. The number of pyridine rings is 1. The molecule has 3 aromatic rings. The lowest BCUT2D eigenvalue weighted by molar-refractivity contribution is -0.383. The molecule has 0 amide bonds. The molecule has 1 aromatic heterocycles. The maximum absolute atomic E-state index is 11.1.